The number of aromatic nitrogens is 1. The van der Waals surface area contributed by atoms with Gasteiger partial charge in [-0.3, -0.25) is 4.79 Å². The quantitative estimate of drug-likeness (QED) is 0.473. The van der Waals surface area contributed by atoms with Crippen molar-refractivity contribution in [2.75, 3.05) is 6.61 Å². The van der Waals surface area contributed by atoms with E-state index in [0.29, 0.717) is 17.0 Å². The molecule has 0 bridgehead atoms. The van der Waals surface area contributed by atoms with E-state index < -0.39 is 5.97 Å². The van der Waals surface area contributed by atoms with Crippen molar-refractivity contribution in [3.63, 3.8) is 0 Å². The summed E-state index contributed by atoms with van der Waals surface area (Å²) >= 11 is 3.37. The second-order valence-electron chi connectivity index (χ2n) is 5.80. The second kappa shape index (κ2) is 8.64. The number of oxazole rings is 1. The highest BCUT2D eigenvalue weighted by Gasteiger charge is 2.11. The molecule has 1 atom stereocenters. The summed E-state index contributed by atoms with van der Waals surface area (Å²) in [6.45, 7) is 1.49. The second-order valence-corrected chi connectivity index (χ2v) is 6.72. The lowest BCUT2D eigenvalue weighted by Crippen LogP contribution is -2.30. The monoisotopic (exact) mass is 428 g/mol. The zero-order chi connectivity index (χ0) is 19.2. The summed E-state index contributed by atoms with van der Waals surface area (Å²) in [5, 5.41) is 2.78. The van der Waals surface area contributed by atoms with Gasteiger partial charge < -0.3 is 14.5 Å². The number of amides is 1. The van der Waals surface area contributed by atoms with Crippen molar-refractivity contribution >= 4 is 45.0 Å². The highest BCUT2D eigenvalue weighted by Crippen LogP contribution is 2.17. The molecule has 0 saturated carbocycles. The third-order valence-electron chi connectivity index (χ3n) is 3.77. The Kier molecular flexibility index (Phi) is 6.03. The maximum absolute atomic E-state index is 11.9. The Morgan fingerprint density at radius 1 is 1.22 bits per heavy atom. The van der Waals surface area contributed by atoms with Crippen molar-refractivity contribution in [3.8, 4) is 0 Å². The minimum absolute atomic E-state index is 0.195. The van der Waals surface area contributed by atoms with Crippen LogP contribution in [-0.2, 0) is 14.3 Å². The summed E-state index contributed by atoms with van der Waals surface area (Å²) in [6, 6.07) is 14.7. The van der Waals surface area contributed by atoms with Gasteiger partial charge in [0.25, 0.3) is 5.91 Å². The number of nitrogens with one attached hydrogen (secondary N) is 1. The molecule has 0 radical (unpaired) electrons. The molecule has 138 valence electrons. The highest BCUT2D eigenvalue weighted by atomic mass is 79.9. The van der Waals surface area contributed by atoms with Crippen molar-refractivity contribution in [1.82, 2.24) is 10.3 Å². The van der Waals surface area contributed by atoms with Crippen LogP contribution in [0.4, 0.5) is 0 Å². The Balaban J connectivity index is 1.48. The number of rotatable bonds is 6. The molecule has 27 heavy (non-hydrogen) atoms. The molecular formula is C20H17BrN2O4. The first-order chi connectivity index (χ1) is 13.0. The molecule has 3 aromatic rings. The Labute approximate surface area is 164 Å². The summed E-state index contributed by atoms with van der Waals surface area (Å²) in [5.41, 5.74) is 2.28. The molecular weight excluding hydrogens is 412 g/mol. The molecule has 1 N–H and O–H groups in total. The van der Waals surface area contributed by atoms with Crippen LogP contribution in [0.2, 0.25) is 0 Å². The number of nitrogens with zero attached hydrogens (tertiary/aromatic N) is 1. The Morgan fingerprint density at radius 3 is 2.70 bits per heavy atom. The van der Waals surface area contributed by atoms with Crippen LogP contribution in [0, 0.1) is 0 Å². The first kappa shape index (κ1) is 18.8. The van der Waals surface area contributed by atoms with Crippen molar-refractivity contribution in [3.05, 3.63) is 70.5 Å². The molecule has 0 spiro atoms. The van der Waals surface area contributed by atoms with Gasteiger partial charge >= 0.3 is 5.97 Å². The summed E-state index contributed by atoms with van der Waals surface area (Å²) in [6.07, 6.45) is 2.58. The lowest BCUT2D eigenvalue weighted by molar-refractivity contribution is -0.144. The van der Waals surface area contributed by atoms with Gasteiger partial charge in [-0.25, -0.2) is 9.78 Å². The number of hydrogen-bond donors (Lipinski definition) is 1. The number of carbonyl (C=O) groups excluding carboxylic acids is 2. The number of esters is 1. The van der Waals surface area contributed by atoms with Gasteiger partial charge in [0.05, 0.1) is 6.04 Å². The SMILES string of the molecule is CC(NC(=O)COC(=O)/C=C/c1nc2ccccc2o1)c1ccc(Br)cc1. The van der Waals surface area contributed by atoms with E-state index in [1.807, 2.05) is 49.4 Å². The highest BCUT2D eigenvalue weighted by molar-refractivity contribution is 9.10. The van der Waals surface area contributed by atoms with E-state index in [9.17, 15) is 9.59 Å². The predicted octanol–water partition coefficient (Wildman–Crippen LogP) is 4.02. The Morgan fingerprint density at radius 2 is 1.96 bits per heavy atom. The predicted molar refractivity (Wildman–Crippen MR) is 105 cm³/mol. The number of carbonyl (C=O) groups is 2. The van der Waals surface area contributed by atoms with Crippen LogP contribution in [-0.4, -0.2) is 23.5 Å². The van der Waals surface area contributed by atoms with Crippen molar-refractivity contribution in [1.29, 1.82) is 0 Å². The van der Waals surface area contributed by atoms with Gasteiger partial charge in [0, 0.05) is 16.6 Å². The van der Waals surface area contributed by atoms with Crippen LogP contribution in [0.3, 0.4) is 0 Å². The van der Waals surface area contributed by atoms with Crippen LogP contribution in [0.25, 0.3) is 17.2 Å². The maximum Gasteiger partial charge on any atom is 0.331 e. The maximum atomic E-state index is 11.9. The van der Waals surface area contributed by atoms with Crippen LogP contribution in [0.5, 0.6) is 0 Å². The Hall–Kier alpha value is -2.93. The van der Waals surface area contributed by atoms with Gasteiger partial charge in [0.1, 0.15) is 5.52 Å². The van der Waals surface area contributed by atoms with E-state index in [4.69, 9.17) is 9.15 Å². The molecule has 0 aliphatic rings. The fourth-order valence-corrected chi connectivity index (χ4v) is 2.67. The fourth-order valence-electron chi connectivity index (χ4n) is 2.40. The molecule has 1 unspecified atom stereocenters. The smallest absolute Gasteiger partial charge is 0.331 e. The molecule has 3 rings (SSSR count). The molecule has 0 saturated heterocycles. The number of halogens is 1. The van der Waals surface area contributed by atoms with Crippen molar-refractivity contribution in [2.45, 2.75) is 13.0 Å². The lowest BCUT2D eigenvalue weighted by Gasteiger charge is -2.14. The van der Waals surface area contributed by atoms with Gasteiger partial charge in [0.2, 0.25) is 5.89 Å². The molecule has 7 heteroatoms. The van der Waals surface area contributed by atoms with Gasteiger partial charge in [-0.15, -0.1) is 0 Å². The summed E-state index contributed by atoms with van der Waals surface area (Å²) in [5.74, 6) is -0.737. The molecule has 1 amide bonds. The molecule has 0 fully saturated rings. The van der Waals surface area contributed by atoms with E-state index in [1.165, 1.54) is 12.2 Å². The van der Waals surface area contributed by atoms with Gasteiger partial charge in [-0.1, -0.05) is 40.2 Å². The van der Waals surface area contributed by atoms with Crippen LogP contribution < -0.4 is 5.32 Å². The molecule has 2 aromatic carbocycles. The molecule has 1 aromatic heterocycles. The van der Waals surface area contributed by atoms with E-state index in [0.717, 1.165) is 10.0 Å². The van der Waals surface area contributed by atoms with Crippen LogP contribution in [0.15, 0.2) is 63.5 Å². The molecule has 1 heterocycles. The van der Waals surface area contributed by atoms with Gasteiger partial charge in [-0.2, -0.15) is 0 Å². The average molecular weight is 429 g/mol. The third kappa shape index (κ3) is 5.27. The zero-order valence-electron chi connectivity index (χ0n) is 14.5. The normalized spacial score (nSPS) is 12.2. The number of ether oxygens (including phenoxy) is 1. The summed E-state index contributed by atoms with van der Waals surface area (Å²) in [7, 11) is 0. The minimum Gasteiger partial charge on any atom is -0.452 e. The number of fused-ring (bicyclic) bond motifs is 1. The van der Waals surface area contributed by atoms with E-state index in [1.54, 1.807) is 6.07 Å². The number of para-hydroxylation sites is 2. The van der Waals surface area contributed by atoms with Gasteiger partial charge in [0.15, 0.2) is 12.2 Å². The van der Waals surface area contributed by atoms with Crippen LogP contribution in [0.1, 0.15) is 24.4 Å². The lowest BCUT2D eigenvalue weighted by atomic mass is 10.1. The first-order valence-electron chi connectivity index (χ1n) is 8.26. The summed E-state index contributed by atoms with van der Waals surface area (Å²) < 4.78 is 11.4. The number of hydrogen-bond acceptors (Lipinski definition) is 5. The Bertz CT molecular complexity index is 946. The standard InChI is InChI=1S/C20H17BrN2O4/c1-13(14-6-8-15(21)9-7-14)22-18(24)12-26-20(25)11-10-19-23-16-4-2-3-5-17(16)27-19/h2-11,13H,12H2,1H3,(H,22,24)/b11-10+. The zero-order valence-corrected chi connectivity index (χ0v) is 16.1. The largest absolute Gasteiger partial charge is 0.452 e. The van der Waals surface area contributed by atoms with E-state index in [2.05, 4.69) is 26.2 Å². The van der Waals surface area contributed by atoms with E-state index in [-0.39, 0.29) is 18.6 Å². The van der Waals surface area contributed by atoms with Crippen molar-refractivity contribution in [2.24, 2.45) is 0 Å². The third-order valence-corrected chi connectivity index (χ3v) is 4.29. The van der Waals surface area contributed by atoms with Gasteiger partial charge in [-0.05, 0) is 36.8 Å². The number of benzene rings is 2. The molecule has 0 aliphatic heterocycles. The molecule has 6 nitrogen and oxygen atoms in total. The first-order valence-corrected chi connectivity index (χ1v) is 9.06. The topological polar surface area (TPSA) is 81.4 Å². The summed E-state index contributed by atoms with van der Waals surface area (Å²) in [4.78, 5) is 27.9. The van der Waals surface area contributed by atoms with Crippen molar-refractivity contribution < 1.29 is 18.7 Å². The van der Waals surface area contributed by atoms with Crippen LogP contribution >= 0.6 is 15.9 Å². The minimum atomic E-state index is -0.649. The fraction of sp³-hybridized carbons (Fsp3) is 0.150. The average Bonchev–Trinajstić information content (AvgIpc) is 3.08. The molecule has 0 aliphatic carbocycles. The van der Waals surface area contributed by atoms with E-state index >= 15 is 0 Å².